The van der Waals surface area contributed by atoms with E-state index < -0.39 is 0 Å². The summed E-state index contributed by atoms with van der Waals surface area (Å²) in [4.78, 5) is 0. The first-order valence-corrected chi connectivity index (χ1v) is 3.45. The molecule has 0 bridgehead atoms. The van der Waals surface area contributed by atoms with E-state index in [1.54, 1.807) is 0 Å². The predicted molar refractivity (Wildman–Crippen MR) is 36.8 cm³/mol. The molecule has 0 heterocycles. The fraction of sp³-hybridized carbons (Fsp3) is 1.00. The average Bonchev–Trinajstić information content (AvgIpc) is 1.90. The standard InChI is InChI=1S/C6H15NO3/c1-3-9-6(5-7-8)10-4-2/h6-8H,3-5H2,1-2H3. The van der Waals surface area contributed by atoms with E-state index in [1.807, 2.05) is 19.3 Å². The van der Waals surface area contributed by atoms with Gasteiger partial charge >= 0.3 is 0 Å². The molecule has 0 rings (SSSR count). The highest BCUT2D eigenvalue weighted by Crippen LogP contribution is 1.91. The highest BCUT2D eigenvalue weighted by atomic mass is 16.7. The largest absolute Gasteiger partial charge is 0.351 e. The van der Waals surface area contributed by atoms with Crippen LogP contribution in [-0.2, 0) is 9.47 Å². The van der Waals surface area contributed by atoms with Gasteiger partial charge in [0, 0.05) is 13.2 Å². The molecule has 0 aromatic carbocycles. The lowest BCUT2D eigenvalue weighted by Gasteiger charge is -2.14. The molecule has 0 saturated carbocycles. The van der Waals surface area contributed by atoms with Crippen LogP contribution < -0.4 is 5.48 Å². The molecule has 0 aliphatic carbocycles. The number of rotatable bonds is 6. The Hall–Kier alpha value is -0.160. The van der Waals surface area contributed by atoms with Gasteiger partial charge in [0.05, 0.1) is 6.54 Å². The number of hydrogen-bond donors (Lipinski definition) is 2. The molecule has 62 valence electrons. The molecule has 0 fully saturated rings. The smallest absolute Gasteiger partial charge is 0.172 e. The molecule has 0 aliphatic rings. The highest BCUT2D eigenvalue weighted by molar-refractivity contribution is 4.42. The molecule has 0 radical (unpaired) electrons. The van der Waals surface area contributed by atoms with Crippen LogP contribution in [0.2, 0.25) is 0 Å². The highest BCUT2D eigenvalue weighted by Gasteiger charge is 2.04. The van der Waals surface area contributed by atoms with Gasteiger partial charge in [0.2, 0.25) is 0 Å². The molecule has 0 atom stereocenters. The van der Waals surface area contributed by atoms with Crippen LogP contribution in [0.3, 0.4) is 0 Å². The molecule has 0 spiro atoms. The van der Waals surface area contributed by atoms with Crippen LogP contribution in [-0.4, -0.2) is 31.3 Å². The van der Waals surface area contributed by atoms with Gasteiger partial charge in [0.25, 0.3) is 0 Å². The Morgan fingerprint density at radius 2 is 1.80 bits per heavy atom. The first-order chi connectivity index (χ1) is 4.85. The van der Waals surface area contributed by atoms with Crippen LogP contribution in [0.25, 0.3) is 0 Å². The molecule has 0 aliphatic heterocycles. The van der Waals surface area contributed by atoms with Gasteiger partial charge < -0.3 is 14.7 Å². The normalized spacial score (nSPS) is 10.8. The van der Waals surface area contributed by atoms with Crippen molar-refractivity contribution in [1.82, 2.24) is 5.48 Å². The Morgan fingerprint density at radius 3 is 2.10 bits per heavy atom. The van der Waals surface area contributed by atoms with E-state index in [2.05, 4.69) is 0 Å². The van der Waals surface area contributed by atoms with Crippen molar-refractivity contribution in [2.75, 3.05) is 19.8 Å². The van der Waals surface area contributed by atoms with E-state index in [9.17, 15) is 0 Å². The SMILES string of the molecule is CCOC(CNO)OCC. The van der Waals surface area contributed by atoms with Crippen molar-refractivity contribution < 1.29 is 14.7 Å². The summed E-state index contributed by atoms with van der Waals surface area (Å²) in [5.41, 5.74) is 1.99. The summed E-state index contributed by atoms with van der Waals surface area (Å²) in [5.74, 6) is 0. The maximum absolute atomic E-state index is 8.28. The Labute approximate surface area is 61.1 Å². The number of hydroxylamine groups is 1. The van der Waals surface area contributed by atoms with E-state index in [-0.39, 0.29) is 6.29 Å². The zero-order valence-corrected chi connectivity index (χ0v) is 6.46. The molecule has 0 saturated heterocycles. The van der Waals surface area contributed by atoms with Crippen molar-refractivity contribution in [3.05, 3.63) is 0 Å². The van der Waals surface area contributed by atoms with Crippen LogP contribution in [0.1, 0.15) is 13.8 Å². The van der Waals surface area contributed by atoms with E-state index in [1.165, 1.54) is 0 Å². The van der Waals surface area contributed by atoms with Crippen LogP contribution in [0.5, 0.6) is 0 Å². The summed E-state index contributed by atoms with van der Waals surface area (Å²) in [6.07, 6.45) is -0.333. The van der Waals surface area contributed by atoms with Gasteiger partial charge in [-0.05, 0) is 13.8 Å². The molecule has 4 heteroatoms. The van der Waals surface area contributed by atoms with E-state index in [0.717, 1.165) is 0 Å². The molecule has 0 amide bonds. The molecule has 0 unspecified atom stereocenters. The van der Waals surface area contributed by atoms with Gasteiger partial charge in [0.1, 0.15) is 0 Å². The van der Waals surface area contributed by atoms with E-state index in [4.69, 9.17) is 14.7 Å². The molecule has 4 nitrogen and oxygen atoms in total. The first-order valence-electron chi connectivity index (χ1n) is 3.45. The lowest BCUT2D eigenvalue weighted by Crippen LogP contribution is -2.29. The topological polar surface area (TPSA) is 50.7 Å². The van der Waals surface area contributed by atoms with Crippen LogP contribution >= 0.6 is 0 Å². The monoisotopic (exact) mass is 149 g/mol. The second-order valence-electron chi connectivity index (χ2n) is 1.70. The van der Waals surface area contributed by atoms with Gasteiger partial charge in [-0.25, -0.2) is 5.48 Å². The summed E-state index contributed by atoms with van der Waals surface area (Å²) >= 11 is 0. The minimum Gasteiger partial charge on any atom is -0.351 e. The Morgan fingerprint density at radius 1 is 1.30 bits per heavy atom. The van der Waals surface area contributed by atoms with Gasteiger partial charge in [-0.1, -0.05) is 0 Å². The van der Waals surface area contributed by atoms with Gasteiger partial charge in [0.15, 0.2) is 6.29 Å². The van der Waals surface area contributed by atoms with E-state index in [0.29, 0.717) is 19.8 Å². The Balaban J connectivity index is 3.30. The molecule has 0 aromatic heterocycles. The second kappa shape index (κ2) is 6.95. The quantitative estimate of drug-likeness (QED) is 0.423. The maximum atomic E-state index is 8.28. The minimum atomic E-state index is -0.333. The third-order valence-electron chi connectivity index (χ3n) is 0.963. The Bertz CT molecular complexity index is 55.7. The summed E-state index contributed by atoms with van der Waals surface area (Å²) in [7, 11) is 0. The fourth-order valence-electron chi connectivity index (χ4n) is 0.612. The summed E-state index contributed by atoms with van der Waals surface area (Å²) in [5, 5.41) is 8.28. The van der Waals surface area contributed by atoms with Crippen LogP contribution in [0.15, 0.2) is 0 Å². The lowest BCUT2D eigenvalue weighted by atomic mass is 10.6. The summed E-state index contributed by atoms with van der Waals surface area (Å²) < 4.78 is 10.2. The van der Waals surface area contributed by atoms with Crippen molar-refractivity contribution in [3.63, 3.8) is 0 Å². The Kier molecular flexibility index (Phi) is 6.84. The molecular weight excluding hydrogens is 134 g/mol. The first kappa shape index (κ1) is 9.84. The zero-order valence-electron chi connectivity index (χ0n) is 6.46. The number of hydrogen-bond acceptors (Lipinski definition) is 4. The lowest BCUT2D eigenvalue weighted by molar-refractivity contribution is -0.143. The van der Waals surface area contributed by atoms with Crippen molar-refractivity contribution in [2.24, 2.45) is 0 Å². The average molecular weight is 149 g/mol. The molecule has 10 heavy (non-hydrogen) atoms. The zero-order chi connectivity index (χ0) is 7.82. The van der Waals surface area contributed by atoms with Crippen LogP contribution in [0, 0.1) is 0 Å². The molecule has 0 aromatic rings. The van der Waals surface area contributed by atoms with Crippen LogP contribution in [0.4, 0.5) is 0 Å². The minimum absolute atomic E-state index is 0.307. The van der Waals surface area contributed by atoms with Gasteiger partial charge in [-0.3, -0.25) is 0 Å². The van der Waals surface area contributed by atoms with Crippen molar-refractivity contribution >= 4 is 0 Å². The summed E-state index contributed by atoms with van der Waals surface area (Å²) in [6.45, 7) is 5.24. The fourth-order valence-corrected chi connectivity index (χ4v) is 0.612. The van der Waals surface area contributed by atoms with Gasteiger partial charge in [-0.15, -0.1) is 0 Å². The second-order valence-corrected chi connectivity index (χ2v) is 1.70. The van der Waals surface area contributed by atoms with Crippen molar-refractivity contribution in [3.8, 4) is 0 Å². The summed E-state index contributed by atoms with van der Waals surface area (Å²) in [6, 6.07) is 0. The van der Waals surface area contributed by atoms with Crippen molar-refractivity contribution in [1.29, 1.82) is 0 Å². The number of ether oxygens (including phenoxy) is 2. The van der Waals surface area contributed by atoms with Gasteiger partial charge in [-0.2, -0.15) is 0 Å². The third kappa shape index (κ3) is 4.69. The number of nitrogens with one attached hydrogen (secondary N) is 1. The van der Waals surface area contributed by atoms with E-state index >= 15 is 0 Å². The molecule has 2 N–H and O–H groups in total. The van der Waals surface area contributed by atoms with Crippen molar-refractivity contribution in [2.45, 2.75) is 20.1 Å². The third-order valence-corrected chi connectivity index (χ3v) is 0.963. The maximum Gasteiger partial charge on any atom is 0.172 e. The predicted octanol–water partition coefficient (Wildman–Crippen LogP) is 0.364. The molecular formula is C6H15NO3.